The van der Waals surface area contributed by atoms with Gasteiger partial charge in [-0.05, 0) is 38.0 Å². The van der Waals surface area contributed by atoms with Gasteiger partial charge in [-0.3, -0.25) is 9.79 Å². The van der Waals surface area contributed by atoms with Gasteiger partial charge >= 0.3 is 5.97 Å². The highest BCUT2D eigenvalue weighted by atomic mass is 16.5. The number of carbonyl (C=O) groups excluding carboxylic acids is 1. The van der Waals surface area contributed by atoms with Crippen LogP contribution in [0.25, 0.3) is 0 Å². The Labute approximate surface area is 140 Å². The highest BCUT2D eigenvalue weighted by Crippen LogP contribution is 2.28. The van der Waals surface area contributed by atoms with E-state index in [-0.39, 0.29) is 5.97 Å². The quantitative estimate of drug-likeness (QED) is 0.235. The zero-order chi connectivity index (χ0) is 16.8. The number of aliphatic imine (C=N–C) groups is 1. The van der Waals surface area contributed by atoms with Crippen LogP contribution in [0.15, 0.2) is 4.99 Å². The molecule has 1 aliphatic rings. The first-order valence-electron chi connectivity index (χ1n) is 8.85. The molecule has 0 amide bonds. The Kier molecular flexibility index (Phi) is 11.3. The maximum Gasteiger partial charge on any atom is 0.305 e. The van der Waals surface area contributed by atoms with Crippen LogP contribution in [0.5, 0.6) is 0 Å². The Hall–Kier alpha value is -1.30. The van der Waals surface area contributed by atoms with Gasteiger partial charge in [0, 0.05) is 39.8 Å². The molecule has 0 atom stereocenters. The average molecular weight is 327 g/mol. The highest BCUT2D eigenvalue weighted by Gasteiger charge is 2.20. The van der Waals surface area contributed by atoms with E-state index in [0.29, 0.717) is 6.42 Å². The molecular weight excluding hydrogens is 294 g/mol. The molecular formula is C17H33N3O3. The molecule has 1 aliphatic carbocycles. The molecule has 0 bridgehead atoms. The van der Waals surface area contributed by atoms with Crippen LogP contribution in [0.4, 0.5) is 0 Å². The van der Waals surface area contributed by atoms with Crippen LogP contribution < -0.4 is 10.6 Å². The predicted molar refractivity (Wildman–Crippen MR) is 92.6 cm³/mol. The number of nitrogens with one attached hydrogen (secondary N) is 2. The summed E-state index contributed by atoms with van der Waals surface area (Å²) in [6, 6.07) is 0. The van der Waals surface area contributed by atoms with Crippen molar-refractivity contribution in [3.8, 4) is 0 Å². The second-order valence-electron chi connectivity index (χ2n) is 6.04. The summed E-state index contributed by atoms with van der Waals surface area (Å²) in [7, 11) is 3.22. The molecule has 0 aromatic heterocycles. The molecule has 23 heavy (non-hydrogen) atoms. The van der Waals surface area contributed by atoms with E-state index in [4.69, 9.17) is 4.74 Å². The summed E-state index contributed by atoms with van der Waals surface area (Å²) in [5, 5.41) is 6.60. The summed E-state index contributed by atoms with van der Waals surface area (Å²) in [6.45, 7) is 3.53. The van der Waals surface area contributed by atoms with E-state index in [1.165, 1.54) is 20.0 Å². The summed E-state index contributed by atoms with van der Waals surface area (Å²) in [4.78, 5) is 15.2. The lowest BCUT2D eigenvalue weighted by Crippen LogP contribution is -2.38. The summed E-state index contributed by atoms with van der Waals surface area (Å²) >= 11 is 0. The van der Waals surface area contributed by atoms with Crippen molar-refractivity contribution in [3.05, 3.63) is 0 Å². The number of carbonyl (C=O) groups is 1. The lowest BCUT2D eigenvalue weighted by Gasteiger charge is -2.11. The molecule has 0 aromatic carbocycles. The third kappa shape index (κ3) is 11.9. The monoisotopic (exact) mass is 327 g/mol. The van der Waals surface area contributed by atoms with Gasteiger partial charge < -0.3 is 20.1 Å². The summed E-state index contributed by atoms with van der Waals surface area (Å²) in [5.41, 5.74) is 0. The van der Waals surface area contributed by atoms with Gasteiger partial charge in [0.25, 0.3) is 0 Å². The van der Waals surface area contributed by atoms with Crippen molar-refractivity contribution < 1.29 is 14.3 Å². The predicted octanol–water partition coefficient (Wildman–Crippen LogP) is 2.09. The van der Waals surface area contributed by atoms with Crippen molar-refractivity contribution in [2.75, 3.05) is 40.5 Å². The van der Waals surface area contributed by atoms with Crippen molar-refractivity contribution >= 4 is 11.9 Å². The van der Waals surface area contributed by atoms with Crippen molar-refractivity contribution in [1.29, 1.82) is 0 Å². The van der Waals surface area contributed by atoms with Gasteiger partial charge in [0.1, 0.15) is 0 Å². The van der Waals surface area contributed by atoms with E-state index in [1.807, 2.05) is 0 Å². The third-order valence-electron chi connectivity index (χ3n) is 3.86. The lowest BCUT2D eigenvalue weighted by molar-refractivity contribution is -0.140. The summed E-state index contributed by atoms with van der Waals surface area (Å²) in [6.07, 6.45) is 8.36. The van der Waals surface area contributed by atoms with Crippen LogP contribution >= 0.6 is 0 Å². The van der Waals surface area contributed by atoms with Crippen molar-refractivity contribution in [3.63, 3.8) is 0 Å². The molecule has 6 heteroatoms. The number of unbranched alkanes of at least 4 members (excludes halogenated alkanes) is 3. The fraction of sp³-hybridized carbons (Fsp3) is 0.882. The van der Waals surface area contributed by atoms with Crippen LogP contribution in [0, 0.1) is 5.92 Å². The lowest BCUT2D eigenvalue weighted by atomic mass is 10.1. The minimum absolute atomic E-state index is 0.117. The van der Waals surface area contributed by atoms with Crippen LogP contribution in [0.3, 0.4) is 0 Å². The van der Waals surface area contributed by atoms with Crippen LogP contribution in [-0.2, 0) is 14.3 Å². The molecule has 2 N–H and O–H groups in total. The van der Waals surface area contributed by atoms with Crippen molar-refractivity contribution in [2.45, 2.75) is 51.4 Å². The Morgan fingerprint density at radius 3 is 2.43 bits per heavy atom. The normalized spacial score (nSPS) is 14.6. The molecule has 0 unspecified atom stereocenters. The number of esters is 1. The highest BCUT2D eigenvalue weighted by molar-refractivity contribution is 5.79. The van der Waals surface area contributed by atoms with Gasteiger partial charge in [-0.25, -0.2) is 0 Å². The average Bonchev–Trinajstić information content (AvgIpc) is 3.39. The van der Waals surface area contributed by atoms with Crippen LogP contribution in [-0.4, -0.2) is 52.4 Å². The fourth-order valence-electron chi connectivity index (χ4n) is 2.19. The topological polar surface area (TPSA) is 72.0 Å². The van der Waals surface area contributed by atoms with E-state index >= 15 is 0 Å². The SMILES string of the molecule is CN=C(NCCCCCCC(=O)OC)NCCCOCC1CC1. The standard InChI is InChI=1S/C17H33N3O3/c1-18-17(20-12-7-13-23-14-15-9-10-15)19-11-6-4-3-5-8-16(21)22-2/h15H,3-14H2,1-2H3,(H2,18,19,20). The van der Waals surface area contributed by atoms with E-state index in [0.717, 1.165) is 70.3 Å². The van der Waals surface area contributed by atoms with Gasteiger partial charge in [0.15, 0.2) is 5.96 Å². The molecule has 0 aliphatic heterocycles. The van der Waals surface area contributed by atoms with Gasteiger partial charge in [-0.1, -0.05) is 12.8 Å². The first-order chi connectivity index (χ1) is 11.3. The zero-order valence-corrected chi connectivity index (χ0v) is 14.7. The maximum atomic E-state index is 11.0. The fourth-order valence-corrected chi connectivity index (χ4v) is 2.19. The minimum atomic E-state index is -0.117. The van der Waals surface area contributed by atoms with E-state index < -0.39 is 0 Å². The largest absolute Gasteiger partial charge is 0.469 e. The van der Waals surface area contributed by atoms with Crippen molar-refractivity contribution in [2.24, 2.45) is 10.9 Å². The molecule has 0 saturated heterocycles. The summed E-state index contributed by atoms with van der Waals surface area (Å²) < 4.78 is 10.2. The molecule has 1 fully saturated rings. The number of hydrogen-bond donors (Lipinski definition) is 2. The zero-order valence-electron chi connectivity index (χ0n) is 14.7. The Balaban J connectivity index is 1.85. The smallest absolute Gasteiger partial charge is 0.305 e. The molecule has 134 valence electrons. The Bertz CT molecular complexity index is 344. The number of methoxy groups -OCH3 is 1. The molecule has 0 aromatic rings. The first-order valence-corrected chi connectivity index (χ1v) is 8.85. The number of ether oxygens (including phenoxy) is 2. The second kappa shape index (κ2) is 13.2. The van der Waals surface area contributed by atoms with E-state index in [1.54, 1.807) is 7.05 Å². The number of guanidine groups is 1. The van der Waals surface area contributed by atoms with Gasteiger partial charge in [0.05, 0.1) is 7.11 Å². The molecule has 1 saturated carbocycles. The third-order valence-corrected chi connectivity index (χ3v) is 3.86. The maximum absolute atomic E-state index is 11.0. The van der Waals surface area contributed by atoms with Crippen LogP contribution in [0.1, 0.15) is 51.4 Å². The number of nitrogens with zero attached hydrogens (tertiary/aromatic N) is 1. The number of hydrogen-bond acceptors (Lipinski definition) is 4. The van der Waals surface area contributed by atoms with Gasteiger partial charge in [-0.15, -0.1) is 0 Å². The Morgan fingerprint density at radius 2 is 1.78 bits per heavy atom. The number of rotatable bonds is 13. The summed E-state index contributed by atoms with van der Waals surface area (Å²) in [5.74, 6) is 1.57. The molecule has 1 rings (SSSR count). The second-order valence-corrected chi connectivity index (χ2v) is 6.04. The first kappa shape index (κ1) is 19.7. The molecule has 0 heterocycles. The van der Waals surface area contributed by atoms with Crippen LogP contribution in [0.2, 0.25) is 0 Å². The Morgan fingerprint density at radius 1 is 1.09 bits per heavy atom. The van der Waals surface area contributed by atoms with E-state index in [2.05, 4.69) is 20.4 Å². The molecule has 6 nitrogen and oxygen atoms in total. The van der Waals surface area contributed by atoms with E-state index in [9.17, 15) is 4.79 Å². The molecule has 0 spiro atoms. The van der Waals surface area contributed by atoms with Gasteiger partial charge in [-0.2, -0.15) is 0 Å². The van der Waals surface area contributed by atoms with Gasteiger partial charge in [0.2, 0.25) is 0 Å². The van der Waals surface area contributed by atoms with Crippen molar-refractivity contribution in [1.82, 2.24) is 10.6 Å². The minimum Gasteiger partial charge on any atom is -0.469 e. The molecule has 0 radical (unpaired) electrons.